The lowest BCUT2D eigenvalue weighted by molar-refractivity contribution is -0.131. The number of nitrogens with zero attached hydrogens (tertiary/aromatic N) is 3. The Morgan fingerprint density at radius 2 is 1.95 bits per heavy atom. The molecule has 0 unspecified atom stereocenters. The van der Waals surface area contributed by atoms with Gasteiger partial charge in [0.1, 0.15) is 11.6 Å². The summed E-state index contributed by atoms with van der Waals surface area (Å²) in [7, 11) is 0. The van der Waals surface area contributed by atoms with E-state index in [4.69, 9.17) is 19.2 Å². The minimum absolute atomic E-state index is 0.150. The number of piperidine rings is 1. The van der Waals surface area contributed by atoms with Crippen LogP contribution in [0.2, 0.25) is 0 Å². The van der Waals surface area contributed by atoms with Crippen molar-refractivity contribution >= 4 is 12.0 Å². The number of fused-ring (bicyclic) bond motifs is 1. The van der Waals surface area contributed by atoms with Gasteiger partial charge in [-0.1, -0.05) is 18.2 Å². The van der Waals surface area contributed by atoms with Crippen molar-refractivity contribution in [3.05, 3.63) is 82.7 Å². The lowest BCUT2D eigenvalue weighted by Crippen LogP contribution is -2.34. The summed E-state index contributed by atoms with van der Waals surface area (Å²) >= 11 is 0. The van der Waals surface area contributed by atoms with E-state index in [1.807, 2.05) is 25.1 Å². The van der Waals surface area contributed by atoms with Crippen LogP contribution in [0.5, 0.6) is 11.5 Å². The van der Waals surface area contributed by atoms with Gasteiger partial charge in [-0.3, -0.25) is 4.90 Å². The van der Waals surface area contributed by atoms with E-state index in [9.17, 15) is 14.3 Å². The summed E-state index contributed by atoms with van der Waals surface area (Å²) in [5.74, 6) is 0.365. The van der Waals surface area contributed by atoms with E-state index in [1.165, 1.54) is 12.1 Å². The van der Waals surface area contributed by atoms with Crippen LogP contribution in [-0.2, 0) is 28.4 Å². The van der Waals surface area contributed by atoms with Crippen LogP contribution in [-0.4, -0.2) is 50.8 Å². The maximum absolute atomic E-state index is 14.9. The second kappa shape index (κ2) is 11.4. The van der Waals surface area contributed by atoms with Gasteiger partial charge in [-0.2, -0.15) is 0 Å². The lowest BCUT2D eigenvalue weighted by atomic mass is 9.88. The number of likely N-dealkylation sites (tertiary alicyclic amines) is 1. The van der Waals surface area contributed by atoms with Crippen molar-refractivity contribution in [1.29, 1.82) is 0 Å². The largest absolute Gasteiger partial charge is 0.478 e. The number of aryl methyl sites for hydroxylation is 1. The number of carboxylic acids is 1. The molecule has 9 heteroatoms. The van der Waals surface area contributed by atoms with Gasteiger partial charge in [0.15, 0.2) is 11.5 Å². The van der Waals surface area contributed by atoms with Gasteiger partial charge in [-0.25, -0.2) is 14.2 Å². The molecule has 228 valence electrons. The third kappa shape index (κ3) is 6.19. The Morgan fingerprint density at radius 1 is 1.16 bits per heavy atom. The highest BCUT2D eigenvalue weighted by Crippen LogP contribution is 2.49. The Labute approximate surface area is 252 Å². The smallest absolute Gasteiger partial charge is 0.328 e. The normalized spacial score (nSPS) is 23.8. The Bertz CT molecular complexity index is 1540. The molecule has 3 aliphatic heterocycles. The molecule has 0 aliphatic carbocycles. The molecule has 8 nitrogen and oxygen atoms in total. The quantitative estimate of drug-likeness (QED) is 0.310. The third-order valence-electron chi connectivity index (χ3n) is 8.91. The van der Waals surface area contributed by atoms with E-state index in [2.05, 4.69) is 29.4 Å². The standard InChI is InChI=1S/C34H40FN3O5/c1-22-8-10-27(28(35)16-22)34(4)42-29-7-5-6-26(32(29)43-34)24-12-14-37(15-13-24)20-30-36-18-25(9-11-31(39)40)38(30)19-23-17-33(2,3)41-21-23/h5-11,16,18,23-24H,12-15,17,19-21H2,1-4H3,(H,39,40)/b11-9+/t23-,34+/m1/s1. The van der Waals surface area contributed by atoms with E-state index in [1.54, 1.807) is 25.3 Å². The second-order valence-electron chi connectivity index (χ2n) is 12.9. The summed E-state index contributed by atoms with van der Waals surface area (Å²) in [6.07, 6.45) is 7.38. The first-order chi connectivity index (χ1) is 20.5. The number of para-hydroxylation sites is 1. The highest BCUT2D eigenvalue weighted by Gasteiger charge is 2.43. The summed E-state index contributed by atoms with van der Waals surface area (Å²) in [6, 6.07) is 11.1. The molecular formula is C34H40FN3O5. The zero-order chi connectivity index (χ0) is 30.4. The van der Waals surface area contributed by atoms with Crippen LogP contribution in [0.3, 0.4) is 0 Å². The molecule has 1 aromatic heterocycles. The van der Waals surface area contributed by atoms with Crippen molar-refractivity contribution in [2.45, 2.75) is 77.4 Å². The summed E-state index contributed by atoms with van der Waals surface area (Å²) in [4.78, 5) is 18.3. The molecule has 2 atom stereocenters. The van der Waals surface area contributed by atoms with Crippen LogP contribution in [0.25, 0.3) is 6.08 Å². The maximum Gasteiger partial charge on any atom is 0.328 e. The van der Waals surface area contributed by atoms with Crippen LogP contribution in [0.4, 0.5) is 4.39 Å². The molecule has 3 aliphatic rings. The molecule has 2 saturated heterocycles. The number of carbonyl (C=O) groups is 1. The van der Waals surface area contributed by atoms with Crippen LogP contribution in [0.1, 0.15) is 74.2 Å². The molecule has 0 radical (unpaired) electrons. The molecule has 2 aromatic carbocycles. The zero-order valence-electron chi connectivity index (χ0n) is 25.3. The molecule has 2 fully saturated rings. The van der Waals surface area contributed by atoms with E-state index in [0.29, 0.717) is 36.1 Å². The molecule has 1 N–H and O–H groups in total. The fourth-order valence-corrected chi connectivity index (χ4v) is 6.76. The van der Waals surface area contributed by atoms with Crippen molar-refractivity contribution in [3.63, 3.8) is 0 Å². The van der Waals surface area contributed by atoms with Gasteiger partial charge in [0.2, 0.25) is 0 Å². The molecule has 6 rings (SSSR count). The summed E-state index contributed by atoms with van der Waals surface area (Å²) in [6.45, 7) is 11.7. The predicted octanol–water partition coefficient (Wildman–Crippen LogP) is 6.27. The first-order valence-electron chi connectivity index (χ1n) is 15.1. The van der Waals surface area contributed by atoms with Crippen molar-refractivity contribution in [1.82, 2.24) is 14.5 Å². The second-order valence-corrected chi connectivity index (χ2v) is 12.9. The van der Waals surface area contributed by atoms with E-state index < -0.39 is 11.8 Å². The molecule has 4 heterocycles. The molecule has 43 heavy (non-hydrogen) atoms. The maximum atomic E-state index is 14.9. The zero-order valence-corrected chi connectivity index (χ0v) is 25.3. The van der Waals surface area contributed by atoms with Gasteiger partial charge in [0.25, 0.3) is 5.79 Å². The van der Waals surface area contributed by atoms with Crippen molar-refractivity contribution in [2.75, 3.05) is 19.7 Å². The van der Waals surface area contributed by atoms with Crippen LogP contribution in [0.15, 0.2) is 48.7 Å². The van der Waals surface area contributed by atoms with Crippen molar-refractivity contribution in [3.8, 4) is 11.5 Å². The lowest BCUT2D eigenvalue weighted by Gasteiger charge is -2.32. The molecular weight excluding hydrogens is 549 g/mol. The number of rotatable bonds is 8. The molecule has 0 saturated carbocycles. The van der Waals surface area contributed by atoms with Gasteiger partial charge in [0.05, 0.1) is 36.2 Å². The fourth-order valence-electron chi connectivity index (χ4n) is 6.76. The fraction of sp³-hybridized carbons (Fsp3) is 0.471. The summed E-state index contributed by atoms with van der Waals surface area (Å²) in [5, 5.41) is 9.19. The highest BCUT2D eigenvalue weighted by molar-refractivity contribution is 5.84. The Kier molecular flexibility index (Phi) is 7.81. The first-order valence-corrected chi connectivity index (χ1v) is 15.1. The number of aliphatic carboxylic acids is 1. The highest BCUT2D eigenvalue weighted by atomic mass is 19.1. The van der Waals surface area contributed by atoms with E-state index >= 15 is 0 Å². The predicted molar refractivity (Wildman–Crippen MR) is 160 cm³/mol. The van der Waals surface area contributed by atoms with Crippen LogP contribution >= 0.6 is 0 Å². The van der Waals surface area contributed by atoms with E-state index in [0.717, 1.165) is 61.5 Å². The van der Waals surface area contributed by atoms with Gasteiger partial charge in [-0.05, 0) is 88.9 Å². The number of halogens is 1. The number of imidazole rings is 1. The molecule has 0 amide bonds. The van der Waals surface area contributed by atoms with Crippen LogP contribution in [0, 0.1) is 18.7 Å². The average molecular weight is 590 g/mol. The number of hydrogen-bond acceptors (Lipinski definition) is 6. The number of ether oxygens (including phenoxy) is 3. The first kappa shape index (κ1) is 29.4. The van der Waals surface area contributed by atoms with Gasteiger partial charge < -0.3 is 23.9 Å². The van der Waals surface area contributed by atoms with Gasteiger partial charge in [-0.15, -0.1) is 0 Å². The summed E-state index contributed by atoms with van der Waals surface area (Å²) < 4.78 is 35.6. The van der Waals surface area contributed by atoms with Crippen LogP contribution < -0.4 is 9.47 Å². The molecule has 3 aromatic rings. The minimum atomic E-state index is -1.22. The molecule has 0 spiro atoms. The summed E-state index contributed by atoms with van der Waals surface area (Å²) in [5.41, 5.74) is 2.97. The topological polar surface area (TPSA) is 86.1 Å². The Balaban J connectivity index is 1.14. The number of benzene rings is 2. The SMILES string of the molecule is Cc1ccc([C@@]2(C)Oc3cccc(C4CCN(Cc5ncc(/C=C/C(=O)O)n5C[C@@H]5COC(C)(C)C5)CC4)c3O2)c(F)c1. The number of carboxylic acid groups (broad SMARTS) is 1. The third-order valence-corrected chi connectivity index (χ3v) is 8.91. The molecule has 0 bridgehead atoms. The van der Waals surface area contributed by atoms with Gasteiger partial charge >= 0.3 is 5.97 Å². The number of aromatic nitrogens is 2. The monoisotopic (exact) mass is 589 g/mol. The van der Waals surface area contributed by atoms with Crippen molar-refractivity contribution < 1.29 is 28.5 Å². The minimum Gasteiger partial charge on any atom is -0.478 e. The van der Waals surface area contributed by atoms with E-state index in [-0.39, 0.29) is 17.3 Å². The Hall–Kier alpha value is -3.69. The number of hydrogen-bond donors (Lipinski definition) is 1. The van der Waals surface area contributed by atoms with Gasteiger partial charge in [0, 0.05) is 31.0 Å². The van der Waals surface area contributed by atoms with Crippen molar-refractivity contribution in [2.24, 2.45) is 5.92 Å². The average Bonchev–Trinajstić information content (AvgIpc) is 3.61. The Morgan fingerprint density at radius 3 is 2.65 bits per heavy atom.